The van der Waals surface area contributed by atoms with E-state index in [0.717, 1.165) is 32.1 Å². The highest BCUT2D eigenvalue weighted by atomic mass is 16.5. The van der Waals surface area contributed by atoms with Gasteiger partial charge in [0.05, 0.1) is 19.0 Å². The Kier molecular flexibility index (Phi) is 9.32. The van der Waals surface area contributed by atoms with Gasteiger partial charge in [-0.3, -0.25) is 0 Å². The monoisotopic (exact) mass is 215 g/mol. The van der Waals surface area contributed by atoms with Gasteiger partial charge in [-0.25, -0.2) is 0 Å². The van der Waals surface area contributed by atoms with Crippen molar-refractivity contribution in [1.82, 2.24) is 16.0 Å². The van der Waals surface area contributed by atoms with Gasteiger partial charge in [-0.05, 0) is 13.0 Å². The molecule has 0 fully saturated rings. The first kappa shape index (κ1) is 14.3. The van der Waals surface area contributed by atoms with E-state index < -0.39 is 0 Å². The van der Waals surface area contributed by atoms with Crippen LogP contribution in [-0.4, -0.2) is 39.9 Å². The molecule has 15 heavy (non-hydrogen) atoms. The zero-order valence-electron chi connectivity index (χ0n) is 10.2. The van der Waals surface area contributed by atoms with Gasteiger partial charge in [0, 0.05) is 19.6 Å². The van der Waals surface area contributed by atoms with E-state index in [1.165, 1.54) is 0 Å². The molecular weight excluding hydrogens is 190 g/mol. The normalized spacial score (nSPS) is 10.4. The Morgan fingerprint density at radius 2 is 1.87 bits per heavy atom. The first-order chi connectivity index (χ1) is 7.16. The summed E-state index contributed by atoms with van der Waals surface area (Å²) in [6.45, 7) is 12.3. The van der Waals surface area contributed by atoms with E-state index in [1.54, 1.807) is 0 Å². The van der Waals surface area contributed by atoms with Crippen molar-refractivity contribution in [2.45, 2.75) is 13.8 Å². The molecule has 4 heteroatoms. The van der Waals surface area contributed by atoms with Gasteiger partial charge in [0.2, 0.25) is 0 Å². The summed E-state index contributed by atoms with van der Waals surface area (Å²) in [4.78, 5) is 0. The van der Waals surface area contributed by atoms with E-state index >= 15 is 0 Å². The summed E-state index contributed by atoms with van der Waals surface area (Å²) < 4.78 is 5.36. The molecule has 0 aromatic heterocycles. The zero-order chi connectivity index (χ0) is 11.5. The maximum atomic E-state index is 5.36. The van der Waals surface area contributed by atoms with Crippen LogP contribution in [0.2, 0.25) is 0 Å². The average molecular weight is 215 g/mol. The smallest absolute Gasteiger partial charge is 0.0913 e. The van der Waals surface area contributed by atoms with E-state index in [2.05, 4.69) is 36.4 Å². The molecule has 0 unspecified atom stereocenters. The zero-order valence-corrected chi connectivity index (χ0v) is 10.2. The van der Waals surface area contributed by atoms with Crippen LogP contribution in [0.15, 0.2) is 12.4 Å². The molecule has 0 heterocycles. The summed E-state index contributed by atoms with van der Waals surface area (Å²) >= 11 is 0. The molecule has 90 valence electrons. The highest BCUT2D eigenvalue weighted by Crippen LogP contribution is 1.88. The molecule has 4 nitrogen and oxygen atoms in total. The molecule has 0 rings (SSSR count). The summed E-state index contributed by atoms with van der Waals surface area (Å²) in [5, 5.41) is 9.40. The van der Waals surface area contributed by atoms with Crippen molar-refractivity contribution in [2.75, 3.05) is 39.9 Å². The van der Waals surface area contributed by atoms with Crippen molar-refractivity contribution < 1.29 is 4.74 Å². The Morgan fingerprint density at radius 3 is 2.47 bits per heavy atom. The predicted octanol–water partition coefficient (Wildman–Crippen LogP) is 0.529. The summed E-state index contributed by atoms with van der Waals surface area (Å²) in [6, 6.07) is 0. The molecule has 0 aliphatic heterocycles. The van der Waals surface area contributed by atoms with E-state index in [9.17, 15) is 0 Å². The fraction of sp³-hybridized carbons (Fsp3) is 0.818. The fourth-order valence-corrected chi connectivity index (χ4v) is 0.940. The Hall–Kier alpha value is -0.740. The van der Waals surface area contributed by atoms with Crippen LogP contribution in [0.1, 0.15) is 13.8 Å². The summed E-state index contributed by atoms with van der Waals surface area (Å²) in [7, 11) is 1.92. The van der Waals surface area contributed by atoms with Crippen molar-refractivity contribution in [3.8, 4) is 0 Å². The third kappa shape index (κ3) is 11.2. The van der Waals surface area contributed by atoms with Gasteiger partial charge < -0.3 is 20.7 Å². The van der Waals surface area contributed by atoms with Crippen molar-refractivity contribution in [3.05, 3.63) is 12.4 Å². The predicted molar refractivity (Wildman–Crippen MR) is 64.7 cm³/mol. The Balaban J connectivity index is 3.17. The van der Waals surface area contributed by atoms with Crippen molar-refractivity contribution in [1.29, 1.82) is 0 Å². The molecule has 0 aliphatic carbocycles. The number of likely N-dealkylation sites (N-methyl/N-ethyl adjacent to an activating group) is 1. The molecule has 0 amide bonds. The number of ether oxygens (including phenoxy) is 1. The second-order valence-corrected chi connectivity index (χ2v) is 3.90. The largest absolute Gasteiger partial charge is 0.378 e. The number of rotatable bonds is 10. The molecule has 0 saturated heterocycles. The van der Waals surface area contributed by atoms with E-state index in [0.29, 0.717) is 12.5 Å². The van der Waals surface area contributed by atoms with Gasteiger partial charge in [-0.2, -0.15) is 0 Å². The van der Waals surface area contributed by atoms with Crippen LogP contribution < -0.4 is 16.0 Å². The lowest BCUT2D eigenvalue weighted by molar-refractivity contribution is 0.140. The van der Waals surface area contributed by atoms with Crippen LogP contribution in [-0.2, 0) is 4.74 Å². The maximum Gasteiger partial charge on any atom is 0.0913 e. The number of hydrogen-bond donors (Lipinski definition) is 3. The topological polar surface area (TPSA) is 45.3 Å². The first-order valence-corrected chi connectivity index (χ1v) is 5.55. The van der Waals surface area contributed by atoms with E-state index in [1.807, 2.05) is 7.05 Å². The van der Waals surface area contributed by atoms with Crippen LogP contribution in [0, 0.1) is 5.92 Å². The average Bonchev–Trinajstić information content (AvgIpc) is 2.20. The molecule has 0 spiro atoms. The molecule has 0 aliphatic rings. The molecule has 0 bridgehead atoms. The molecule has 0 aromatic rings. The molecular formula is C11H25N3O. The Morgan fingerprint density at radius 1 is 1.20 bits per heavy atom. The molecule has 0 saturated carbocycles. The quantitative estimate of drug-likeness (QED) is 0.465. The summed E-state index contributed by atoms with van der Waals surface area (Å²) in [6.07, 6.45) is 0. The minimum Gasteiger partial charge on any atom is -0.378 e. The minimum atomic E-state index is 0.635. The Labute approximate surface area is 93.5 Å². The lowest BCUT2D eigenvalue weighted by Gasteiger charge is -2.13. The van der Waals surface area contributed by atoms with Crippen LogP contribution >= 0.6 is 0 Å². The maximum absolute atomic E-state index is 5.36. The van der Waals surface area contributed by atoms with Gasteiger partial charge in [-0.1, -0.05) is 20.4 Å². The lowest BCUT2D eigenvalue weighted by atomic mass is 10.2. The first-order valence-electron chi connectivity index (χ1n) is 5.55. The van der Waals surface area contributed by atoms with Crippen molar-refractivity contribution >= 4 is 0 Å². The van der Waals surface area contributed by atoms with Crippen LogP contribution in [0.25, 0.3) is 0 Å². The third-order valence-corrected chi connectivity index (χ3v) is 1.80. The fourth-order valence-electron chi connectivity index (χ4n) is 0.940. The van der Waals surface area contributed by atoms with Crippen molar-refractivity contribution in [2.24, 2.45) is 5.92 Å². The molecule has 0 aromatic carbocycles. The van der Waals surface area contributed by atoms with Gasteiger partial charge in [0.1, 0.15) is 0 Å². The summed E-state index contributed by atoms with van der Waals surface area (Å²) in [5.41, 5.74) is 0. The lowest BCUT2D eigenvalue weighted by Crippen LogP contribution is -2.30. The van der Waals surface area contributed by atoms with Crippen LogP contribution in [0.5, 0.6) is 0 Å². The SMILES string of the molecule is C=C(NCCOCCNC)NCC(C)C. The van der Waals surface area contributed by atoms with Gasteiger partial charge in [0.25, 0.3) is 0 Å². The van der Waals surface area contributed by atoms with E-state index in [4.69, 9.17) is 4.74 Å². The van der Waals surface area contributed by atoms with Gasteiger partial charge in [-0.15, -0.1) is 0 Å². The second kappa shape index (κ2) is 9.80. The second-order valence-electron chi connectivity index (χ2n) is 3.90. The molecule has 0 radical (unpaired) electrons. The Bertz CT molecular complexity index is 160. The number of nitrogens with one attached hydrogen (secondary N) is 3. The standard InChI is InChI=1S/C11H25N3O/c1-10(2)9-14-11(3)13-6-8-15-7-5-12-4/h10,12-14H,3,5-9H2,1-2,4H3. The van der Waals surface area contributed by atoms with Crippen LogP contribution in [0.3, 0.4) is 0 Å². The van der Waals surface area contributed by atoms with E-state index in [-0.39, 0.29) is 0 Å². The van der Waals surface area contributed by atoms with Gasteiger partial charge >= 0.3 is 0 Å². The van der Waals surface area contributed by atoms with Crippen LogP contribution in [0.4, 0.5) is 0 Å². The van der Waals surface area contributed by atoms with Crippen molar-refractivity contribution in [3.63, 3.8) is 0 Å². The molecule has 3 N–H and O–H groups in total. The minimum absolute atomic E-state index is 0.635. The highest BCUT2D eigenvalue weighted by molar-refractivity contribution is 4.87. The third-order valence-electron chi connectivity index (χ3n) is 1.80. The number of hydrogen-bond acceptors (Lipinski definition) is 4. The highest BCUT2D eigenvalue weighted by Gasteiger charge is 1.95. The molecule has 0 atom stereocenters. The summed E-state index contributed by atoms with van der Waals surface area (Å²) in [5.74, 6) is 1.51. The van der Waals surface area contributed by atoms with Gasteiger partial charge in [0.15, 0.2) is 0 Å².